The molecule has 1 aromatic carbocycles. The Kier molecular flexibility index (Phi) is 5.74. The molecule has 1 atom stereocenters. The third-order valence-corrected chi connectivity index (χ3v) is 5.78. The molecule has 0 bridgehead atoms. The van der Waals surface area contributed by atoms with Crippen molar-refractivity contribution in [1.29, 1.82) is 0 Å². The lowest BCUT2D eigenvalue weighted by molar-refractivity contribution is -0.132. The van der Waals surface area contributed by atoms with E-state index in [1.54, 1.807) is 23.3 Å². The number of benzene rings is 1. The lowest BCUT2D eigenvalue weighted by Gasteiger charge is -2.26. The van der Waals surface area contributed by atoms with Crippen molar-refractivity contribution in [3.63, 3.8) is 0 Å². The fourth-order valence-corrected chi connectivity index (χ4v) is 4.16. The smallest absolute Gasteiger partial charge is 0.225 e. The minimum atomic E-state index is -0.688. The first-order valence-corrected chi connectivity index (χ1v) is 9.66. The summed E-state index contributed by atoms with van der Waals surface area (Å²) in [6.45, 7) is 1.35. The second-order valence-electron chi connectivity index (χ2n) is 6.84. The van der Waals surface area contributed by atoms with Gasteiger partial charge in [-0.15, -0.1) is 0 Å². The van der Waals surface area contributed by atoms with E-state index in [0.717, 1.165) is 11.1 Å². The van der Waals surface area contributed by atoms with Crippen molar-refractivity contribution < 1.29 is 14.3 Å². The lowest BCUT2D eigenvalue weighted by atomic mass is 9.80. The number of likely N-dealkylation sites (tertiary alicyclic amines) is 1. The minimum Gasteiger partial charge on any atom is -0.384 e. The molecule has 138 valence electrons. The summed E-state index contributed by atoms with van der Waals surface area (Å²) >= 11 is 1.67. The molecule has 2 N–H and O–H groups in total. The zero-order chi connectivity index (χ0) is 18.6. The van der Waals surface area contributed by atoms with Gasteiger partial charge in [0.05, 0.1) is 18.4 Å². The van der Waals surface area contributed by atoms with Gasteiger partial charge in [0.2, 0.25) is 11.8 Å². The van der Waals surface area contributed by atoms with E-state index in [-0.39, 0.29) is 11.8 Å². The summed E-state index contributed by atoms with van der Waals surface area (Å²) in [5, 5.41) is 4.17. The first-order chi connectivity index (χ1) is 12.5. The van der Waals surface area contributed by atoms with Gasteiger partial charge >= 0.3 is 0 Å². The van der Waals surface area contributed by atoms with E-state index >= 15 is 0 Å². The third kappa shape index (κ3) is 3.97. The molecule has 0 spiro atoms. The topological polar surface area (TPSA) is 72.6 Å². The number of ether oxygens (including phenoxy) is 1. The van der Waals surface area contributed by atoms with E-state index in [1.165, 1.54) is 5.56 Å². The van der Waals surface area contributed by atoms with Gasteiger partial charge in [0, 0.05) is 20.2 Å². The maximum Gasteiger partial charge on any atom is 0.225 e. The Morgan fingerprint density at radius 2 is 2.00 bits per heavy atom. The molecule has 26 heavy (non-hydrogen) atoms. The van der Waals surface area contributed by atoms with Gasteiger partial charge in [-0.3, -0.25) is 9.59 Å². The molecule has 1 aromatic heterocycles. The van der Waals surface area contributed by atoms with Crippen molar-refractivity contribution in [3.05, 3.63) is 46.7 Å². The van der Waals surface area contributed by atoms with Crippen molar-refractivity contribution in [3.8, 4) is 11.1 Å². The van der Waals surface area contributed by atoms with Crippen LogP contribution in [0.15, 0.2) is 41.1 Å². The molecular formula is C20H24N2O3S. The first kappa shape index (κ1) is 18.6. The van der Waals surface area contributed by atoms with Crippen molar-refractivity contribution in [2.45, 2.75) is 19.3 Å². The molecule has 0 aliphatic carbocycles. The number of hydrogen-bond acceptors (Lipinski definition) is 4. The van der Waals surface area contributed by atoms with Gasteiger partial charge in [-0.05, 0) is 46.4 Å². The average Bonchev–Trinajstić information content (AvgIpc) is 3.31. The molecule has 0 saturated carbocycles. The summed E-state index contributed by atoms with van der Waals surface area (Å²) in [5.74, 6) is -0.316. The summed E-state index contributed by atoms with van der Waals surface area (Å²) in [5.41, 5.74) is 8.48. The van der Waals surface area contributed by atoms with E-state index in [2.05, 4.69) is 29.0 Å². The van der Waals surface area contributed by atoms with Crippen LogP contribution in [0.5, 0.6) is 0 Å². The average molecular weight is 372 g/mol. The Bertz CT molecular complexity index is 758. The maximum absolute atomic E-state index is 12.2. The largest absolute Gasteiger partial charge is 0.384 e. The Morgan fingerprint density at radius 3 is 2.62 bits per heavy atom. The normalized spacial score (nSPS) is 19.7. The van der Waals surface area contributed by atoms with Crippen molar-refractivity contribution in [2.24, 2.45) is 11.1 Å². The second-order valence-corrected chi connectivity index (χ2v) is 7.62. The highest BCUT2D eigenvalue weighted by Gasteiger charge is 2.44. The first-order valence-electron chi connectivity index (χ1n) is 8.72. The molecule has 0 radical (unpaired) electrons. The van der Waals surface area contributed by atoms with Crippen LogP contribution in [0.2, 0.25) is 0 Å². The van der Waals surface area contributed by atoms with Crippen molar-refractivity contribution >= 4 is 23.2 Å². The molecule has 1 saturated heterocycles. The second kappa shape index (κ2) is 8.01. The monoisotopic (exact) mass is 372 g/mol. The summed E-state index contributed by atoms with van der Waals surface area (Å²) in [6.07, 6.45) is 1.49. The maximum atomic E-state index is 12.2. The molecule has 2 aromatic rings. The molecule has 1 aliphatic rings. The van der Waals surface area contributed by atoms with Gasteiger partial charge in [-0.25, -0.2) is 0 Å². The highest BCUT2D eigenvalue weighted by molar-refractivity contribution is 7.08. The summed E-state index contributed by atoms with van der Waals surface area (Å²) in [7, 11) is 1.57. The predicted molar refractivity (Wildman–Crippen MR) is 103 cm³/mol. The van der Waals surface area contributed by atoms with Crippen LogP contribution >= 0.6 is 11.3 Å². The molecule has 6 heteroatoms. The number of carbonyl (C=O) groups is 2. The van der Waals surface area contributed by atoms with Gasteiger partial charge < -0.3 is 15.4 Å². The summed E-state index contributed by atoms with van der Waals surface area (Å²) in [6, 6.07) is 10.3. The molecule has 2 heterocycles. The van der Waals surface area contributed by atoms with Gasteiger partial charge in [-0.1, -0.05) is 24.3 Å². The van der Waals surface area contributed by atoms with Gasteiger partial charge in [0.15, 0.2) is 0 Å². The Hall–Kier alpha value is -2.18. The van der Waals surface area contributed by atoms with E-state index in [9.17, 15) is 9.59 Å². The molecule has 1 aliphatic heterocycles. The fraction of sp³-hybridized carbons (Fsp3) is 0.400. The highest BCUT2D eigenvalue weighted by atomic mass is 32.1. The zero-order valence-electron chi connectivity index (χ0n) is 14.9. The van der Waals surface area contributed by atoms with Crippen molar-refractivity contribution in [1.82, 2.24) is 4.90 Å². The minimum absolute atomic E-state index is 0.0165. The van der Waals surface area contributed by atoms with E-state index in [0.29, 0.717) is 39.0 Å². The number of nitrogens with zero attached hydrogens (tertiary/aromatic N) is 1. The van der Waals surface area contributed by atoms with Crippen LogP contribution in [0, 0.1) is 5.41 Å². The van der Waals surface area contributed by atoms with Gasteiger partial charge in [0.1, 0.15) is 0 Å². The number of nitrogens with two attached hydrogens (primary N) is 1. The van der Waals surface area contributed by atoms with Crippen LogP contribution in [-0.2, 0) is 20.7 Å². The van der Waals surface area contributed by atoms with Crippen LogP contribution in [-0.4, -0.2) is 43.5 Å². The quantitative estimate of drug-likeness (QED) is 0.812. The van der Waals surface area contributed by atoms with E-state index in [4.69, 9.17) is 10.5 Å². The Labute approximate surface area is 157 Å². The highest BCUT2D eigenvalue weighted by Crippen LogP contribution is 2.35. The molecule has 3 rings (SSSR count). The van der Waals surface area contributed by atoms with E-state index < -0.39 is 5.41 Å². The summed E-state index contributed by atoms with van der Waals surface area (Å²) < 4.78 is 4.97. The van der Waals surface area contributed by atoms with Crippen molar-refractivity contribution in [2.75, 3.05) is 26.8 Å². The van der Waals surface area contributed by atoms with Crippen LogP contribution in [0.1, 0.15) is 18.4 Å². The van der Waals surface area contributed by atoms with E-state index in [1.807, 2.05) is 12.1 Å². The van der Waals surface area contributed by atoms with Crippen LogP contribution in [0.4, 0.5) is 0 Å². The number of amides is 2. The fourth-order valence-electron chi connectivity index (χ4n) is 3.50. The molecule has 1 fully saturated rings. The predicted octanol–water partition coefficient (Wildman–Crippen LogP) is 2.70. The van der Waals surface area contributed by atoms with Crippen LogP contribution in [0.25, 0.3) is 11.1 Å². The van der Waals surface area contributed by atoms with Gasteiger partial charge in [-0.2, -0.15) is 11.3 Å². The molecular weight excluding hydrogens is 348 g/mol. The Balaban J connectivity index is 1.71. The molecule has 2 amide bonds. The number of thiophene rings is 1. The Morgan fingerprint density at radius 1 is 1.23 bits per heavy atom. The number of methoxy groups -OCH3 is 1. The number of carbonyl (C=O) groups excluding carboxylic acids is 2. The number of primary amides is 1. The van der Waals surface area contributed by atoms with Gasteiger partial charge in [0.25, 0.3) is 0 Å². The summed E-state index contributed by atoms with van der Waals surface area (Å²) in [4.78, 5) is 26.2. The standard InChI is InChI=1S/C20H24N2O3S/c1-25-10-6-18(23)22-9-8-20(14-22,19(21)24)12-15-2-4-16(5-3-15)17-7-11-26-13-17/h2-5,7,11,13H,6,8-10,12,14H2,1H3,(H2,21,24)/t20-/m1/s1. The molecule has 5 nitrogen and oxygen atoms in total. The third-order valence-electron chi connectivity index (χ3n) is 5.10. The SMILES string of the molecule is COCCC(=O)N1CC[C@](Cc2ccc(-c3ccsc3)cc2)(C(N)=O)C1. The lowest BCUT2D eigenvalue weighted by Crippen LogP contribution is -2.42. The number of rotatable bonds is 7. The zero-order valence-corrected chi connectivity index (χ0v) is 15.8. The number of hydrogen-bond donors (Lipinski definition) is 1. The van der Waals surface area contributed by atoms with Crippen LogP contribution < -0.4 is 5.73 Å². The molecule has 0 unspecified atom stereocenters. The van der Waals surface area contributed by atoms with Crippen LogP contribution in [0.3, 0.4) is 0 Å².